The molecular weight excluding hydrogens is 292 g/mol. The summed E-state index contributed by atoms with van der Waals surface area (Å²) in [4.78, 5) is 2.43. The molecule has 16 heavy (non-hydrogen) atoms. The van der Waals surface area contributed by atoms with Crippen molar-refractivity contribution >= 4 is 32.4 Å². The van der Waals surface area contributed by atoms with Gasteiger partial charge in [-0.05, 0) is 28.9 Å². The number of halogens is 1. The number of rotatable bonds is 5. The molecule has 0 radical (unpaired) electrons. The molecule has 1 N–H and O–H groups in total. The van der Waals surface area contributed by atoms with E-state index in [0.29, 0.717) is 0 Å². The fourth-order valence-electron chi connectivity index (χ4n) is 1.60. The van der Waals surface area contributed by atoms with Crippen molar-refractivity contribution in [1.29, 1.82) is 0 Å². The van der Waals surface area contributed by atoms with E-state index in [9.17, 15) is 0 Å². The zero-order chi connectivity index (χ0) is 11.2. The van der Waals surface area contributed by atoms with Gasteiger partial charge < -0.3 is 10.1 Å². The number of morpholine rings is 1. The van der Waals surface area contributed by atoms with Gasteiger partial charge in [0.15, 0.2) is 3.92 Å². The highest BCUT2D eigenvalue weighted by molar-refractivity contribution is 9.11. The van der Waals surface area contributed by atoms with Gasteiger partial charge in [-0.3, -0.25) is 4.90 Å². The molecule has 0 spiro atoms. The average Bonchev–Trinajstić information content (AvgIpc) is 2.72. The third-order valence-corrected chi connectivity index (χ3v) is 3.75. The van der Waals surface area contributed by atoms with Crippen molar-refractivity contribution in [2.24, 2.45) is 0 Å². The number of hydrogen-bond acceptors (Lipinski definition) is 6. The van der Waals surface area contributed by atoms with E-state index < -0.39 is 0 Å². The van der Waals surface area contributed by atoms with E-state index in [2.05, 4.69) is 36.3 Å². The van der Waals surface area contributed by atoms with Crippen LogP contribution in [0.4, 0.5) is 5.13 Å². The van der Waals surface area contributed by atoms with Crippen molar-refractivity contribution in [3.8, 4) is 0 Å². The van der Waals surface area contributed by atoms with E-state index in [1.54, 1.807) is 0 Å². The van der Waals surface area contributed by atoms with Crippen LogP contribution in [0.15, 0.2) is 3.92 Å². The largest absolute Gasteiger partial charge is 0.379 e. The second-order valence-corrected chi connectivity index (χ2v) is 5.85. The van der Waals surface area contributed by atoms with Crippen LogP contribution in [0.25, 0.3) is 0 Å². The lowest BCUT2D eigenvalue weighted by Crippen LogP contribution is -2.37. The summed E-state index contributed by atoms with van der Waals surface area (Å²) < 4.78 is 6.12. The molecule has 5 nitrogen and oxygen atoms in total. The summed E-state index contributed by atoms with van der Waals surface area (Å²) in [6.45, 7) is 5.93. The Kier molecular flexibility index (Phi) is 4.95. The van der Waals surface area contributed by atoms with E-state index in [-0.39, 0.29) is 0 Å². The highest BCUT2D eigenvalue weighted by Gasteiger charge is 2.09. The van der Waals surface area contributed by atoms with Gasteiger partial charge in [0.1, 0.15) is 0 Å². The third-order valence-electron chi connectivity index (χ3n) is 2.43. The maximum atomic E-state index is 5.30. The fraction of sp³-hybridized carbons (Fsp3) is 0.778. The predicted octanol–water partition coefficient (Wildman–Crippen LogP) is 1.43. The van der Waals surface area contributed by atoms with Gasteiger partial charge in [-0.2, -0.15) is 0 Å². The van der Waals surface area contributed by atoms with Crippen molar-refractivity contribution < 1.29 is 4.74 Å². The van der Waals surface area contributed by atoms with Gasteiger partial charge in [0, 0.05) is 19.6 Å². The zero-order valence-corrected chi connectivity index (χ0v) is 11.4. The zero-order valence-electron chi connectivity index (χ0n) is 8.99. The molecule has 0 unspecified atom stereocenters. The Morgan fingerprint density at radius 1 is 1.38 bits per heavy atom. The van der Waals surface area contributed by atoms with E-state index in [1.807, 2.05) is 0 Å². The van der Waals surface area contributed by atoms with Crippen LogP contribution in [-0.2, 0) is 4.74 Å². The van der Waals surface area contributed by atoms with Crippen LogP contribution in [0.1, 0.15) is 6.42 Å². The predicted molar refractivity (Wildman–Crippen MR) is 68.0 cm³/mol. The van der Waals surface area contributed by atoms with Gasteiger partial charge >= 0.3 is 0 Å². The maximum Gasteiger partial charge on any atom is 0.206 e. The second kappa shape index (κ2) is 6.48. The van der Waals surface area contributed by atoms with Crippen LogP contribution in [0.5, 0.6) is 0 Å². The van der Waals surface area contributed by atoms with Crippen LogP contribution < -0.4 is 5.32 Å². The molecule has 1 aromatic rings. The molecule has 2 heterocycles. The van der Waals surface area contributed by atoms with Gasteiger partial charge in [0.05, 0.1) is 13.2 Å². The highest BCUT2D eigenvalue weighted by atomic mass is 79.9. The first-order chi connectivity index (χ1) is 7.84. The summed E-state index contributed by atoms with van der Waals surface area (Å²) in [5.41, 5.74) is 0. The van der Waals surface area contributed by atoms with E-state index >= 15 is 0 Å². The molecule has 0 amide bonds. The maximum absolute atomic E-state index is 5.30. The second-order valence-electron chi connectivity index (χ2n) is 3.59. The number of anilines is 1. The first kappa shape index (κ1) is 12.2. The minimum absolute atomic E-state index is 0.822. The first-order valence-electron chi connectivity index (χ1n) is 5.37. The molecule has 0 atom stereocenters. The number of nitrogens with zero attached hydrogens (tertiary/aromatic N) is 3. The van der Waals surface area contributed by atoms with Crippen molar-refractivity contribution in [3.05, 3.63) is 3.92 Å². The molecule has 0 saturated carbocycles. The quantitative estimate of drug-likeness (QED) is 0.834. The Morgan fingerprint density at radius 3 is 2.88 bits per heavy atom. The third kappa shape index (κ3) is 3.97. The molecule has 1 aromatic heterocycles. The van der Waals surface area contributed by atoms with Crippen molar-refractivity contribution in [3.63, 3.8) is 0 Å². The molecule has 90 valence electrons. The lowest BCUT2D eigenvalue weighted by molar-refractivity contribution is 0.0378. The molecule has 2 rings (SSSR count). The normalized spacial score (nSPS) is 17.6. The van der Waals surface area contributed by atoms with Crippen molar-refractivity contribution in [1.82, 2.24) is 15.1 Å². The molecule has 1 fully saturated rings. The monoisotopic (exact) mass is 306 g/mol. The lowest BCUT2D eigenvalue weighted by Gasteiger charge is -2.26. The topological polar surface area (TPSA) is 50.3 Å². The molecule has 1 aliphatic rings. The summed E-state index contributed by atoms with van der Waals surface area (Å²) >= 11 is 4.81. The standard InChI is InChI=1S/C9H15BrN4OS/c10-8-12-13-9(16-8)11-2-1-3-14-4-6-15-7-5-14/h1-7H2,(H,11,13). The smallest absolute Gasteiger partial charge is 0.206 e. The fourth-order valence-corrected chi connectivity index (χ4v) is 2.64. The number of ether oxygens (including phenoxy) is 1. The molecule has 0 aromatic carbocycles. The first-order valence-corrected chi connectivity index (χ1v) is 6.98. The summed E-state index contributed by atoms with van der Waals surface area (Å²) in [5.74, 6) is 0. The minimum Gasteiger partial charge on any atom is -0.379 e. The number of aromatic nitrogens is 2. The summed E-state index contributed by atoms with van der Waals surface area (Å²) in [6.07, 6.45) is 1.12. The average molecular weight is 307 g/mol. The summed E-state index contributed by atoms with van der Waals surface area (Å²) in [5, 5.41) is 12.0. The van der Waals surface area contributed by atoms with E-state index in [0.717, 1.165) is 54.9 Å². The van der Waals surface area contributed by atoms with Crippen LogP contribution in [-0.4, -0.2) is 54.5 Å². The van der Waals surface area contributed by atoms with Crippen LogP contribution in [0.2, 0.25) is 0 Å². The molecule has 1 aliphatic heterocycles. The van der Waals surface area contributed by atoms with Gasteiger partial charge in [-0.1, -0.05) is 11.3 Å². The van der Waals surface area contributed by atoms with Gasteiger partial charge in [0.2, 0.25) is 5.13 Å². The van der Waals surface area contributed by atoms with Gasteiger partial charge in [-0.15, -0.1) is 10.2 Å². The molecule has 0 aliphatic carbocycles. The molecular formula is C9H15BrN4OS. The molecule has 0 bridgehead atoms. The minimum atomic E-state index is 0.822. The van der Waals surface area contributed by atoms with Crippen LogP contribution >= 0.6 is 27.3 Å². The van der Waals surface area contributed by atoms with E-state index in [1.165, 1.54) is 11.3 Å². The van der Waals surface area contributed by atoms with Crippen LogP contribution in [0, 0.1) is 0 Å². The van der Waals surface area contributed by atoms with Crippen molar-refractivity contribution in [2.45, 2.75) is 6.42 Å². The lowest BCUT2D eigenvalue weighted by atomic mass is 10.3. The SMILES string of the molecule is Brc1nnc(NCCCN2CCOCC2)s1. The van der Waals surface area contributed by atoms with Gasteiger partial charge in [0.25, 0.3) is 0 Å². The number of hydrogen-bond donors (Lipinski definition) is 1. The Morgan fingerprint density at radius 2 is 2.19 bits per heavy atom. The molecule has 7 heteroatoms. The summed E-state index contributed by atoms with van der Waals surface area (Å²) in [6, 6.07) is 0. The Hall–Kier alpha value is -0.240. The van der Waals surface area contributed by atoms with Gasteiger partial charge in [-0.25, -0.2) is 0 Å². The highest BCUT2D eigenvalue weighted by Crippen LogP contribution is 2.19. The Bertz CT molecular complexity index is 316. The van der Waals surface area contributed by atoms with E-state index in [4.69, 9.17) is 4.74 Å². The Balaban J connectivity index is 1.57. The summed E-state index contributed by atoms with van der Waals surface area (Å²) in [7, 11) is 0. The molecule has 1 saturated heterocycles. The number of nitrogens with one attached hydrogen (secondary N) is 1. The van der Waals surface area contributed by atoms with Crippen LogP contribution in [0.3, 0.4) is 0 Å². The van der Waals surface area contributed by atoms with Crippen molar-refractivity contribution in [2.75, 3.05) is 44.7 Å². The Labute approximate surface area is 107 Å².